The highest BCUT2D eigenvalue weighted by Gasteiger charge is 2.32. The van der Waals surface area contributed by atoms with Crippen LogP contribution in [0.15, 0.2) is 0 Å². The van der Waals surface area contributed by atoms with Crippen LogP contribution in [-0.4, -0.2) is 36.6 Å². The lowest BCUT2D eigenvalue weighted by Crippen LogP contribution is -2.47. The minimum absolute atomic E-state index is 0.708. The van der Waals surface area contributed by atoms with Crippen molar-refractivity contribution in [1.82, 2.24) is 10.2 Å². The number of rotatable bonds is 8. The third-order valence-electron chi connectivity index (χ3n) is 5.29. The molecule has 0 aliphatic heterocycles. The SMILES string of the molecule is CCCNC1CCC(C)CC1CN(CC1CC1)C(C)C. The summed E-state index contributed by atoms with van der Waals surface area (Å²) in [5.74, 6) is 2.81. The van der Waals surface area contributed by atoms with Crippen molar-refractivity contribution in [1.29, 1.82) is 0 Å². The highest BCUT2D eigenvalue weighted by molar-refractivity contribution is 4.87. The maximum absolute atomic E-state index is 3.83. The van der Waals surface area contributed by atoms with E-state index in [1.165, 1.54) is 58.2 Å². The lowest BCUT2D eigenvalue weighted by atomic mass is 9.78. The summed E-state index contributed by atoms with van der Waals surface area (Å²) < 4.78 is 0. The standard InChI is InChI=1S/C18H36N2/c1-5-10-19-18-9-6-15(4)11-17(18)13-20(14(2)3)12-16-7-8-16/h14-19H,5-13H2,1-4H3. The van der Waals surface area contributed by atoms with E-state index in [0.717, 1.165) is 23.8 Å². The second-order valence-corrected chi connectivity index (χ2v) is 7.73. The van der Waals surface area contributed by atoms with Crippen molar-refractivity contribution >= 4 is 0 Å². The molecule has 2 rings (SSSR count). The van der Waals surface area contributed by atoms with Gasteiger partial charge < -0.3 is 10.2 Å². The normalized spacial score (nSPS) is 31.2. The number of hydrogen-bond donors (Lipinski definition) is 1. The molecule has 0 spiro atoms. The van der Waals surface area contributed by atoms with Gasteiger partial charge in [-0.25, -0.2) is 0 Å². The first-order valence-corrected chi connectivity index (χ1v) is 9.07. The third kappa shape index (κ3) is 5.04. The molecule has 0 aromatic rings. The second-order valence-electron chi connectivity index (χ2n) is 7.73. The minimum Gasteiger partial charge on any atom is -0.314 e. The molecule has 0 saturated heterocycles. The summed E-state index contributed by atoms with van der Waals surface area (Å²) in [7, 11) is 0. The van der Waals surface area contributed by atoms with E-state index < -0.39 is 0 Å². The molecular weight excluding hydrogens is 244 g/mol. The monoisotopic (exact) mass is 280 g/mol. The van der Waals surface area contributed by atoms with E-state index in [1.54, 1.807) is 0 Å². The van der Waals surface area contributed by atoms with Crippen molar-refractivity contribution in [2.75, 3.05) is 19.6 Å². The largest absolute Gasteiger partial charge is 0.314 e. The molecule has 0 heterocycles. The molecule has 2 saturated carbocycles. The van der Waals surface area contributed by atoms with Crippen LogP contribution < -0.4 is 5.32 Å². The Bertz CT molecular complexity index is 271. The smallest absolute Gasteiger partial charge is 0.0108 e. The average Bonchev–Trinajstić information content (AvgIpc) is 3.21. The van der Waals surface area contributed by atoms with Crippen molar-refractivity contribution in [3.05, 3.63) is 0 Å². The molecule has 118 valence electrons. The van der Waals surface area contributed by atoms with Crippen LogP contribution in [0.4, 0.5) is 0 Å². The second kappa shape index (κ2) is 7.79. The van der Waals surface area contributed by atoms with E-state index in [2.05, 4.69) is 37.9 Å². The zero-order valence-electron chi connectivity index (χ0n) is 14.2. The van der Waals surface area contributed by atoms with Crippen LogP contribution in [-0.2, 0) is 0 Å². The highest BCUT2D eigenvalue weighted by Crippen LogP contribution is 2.33. The first-order chi connectivity index (χ1) is 9.60. The molecule has 20 heavy (non-hydrogen) atoms. The summed E-state index contributed by atoms with van der Waals surface area (Å²) in [6.45, 7) is 13.3. The van der Waals surface area contributed by atoms with Crippen LogP contribution in [0.2, 0.25) is 0 Å². The molecular formula is C18H36N2. The zero-order chi connectivity index (χ0) is 14.5. The molecule has 0 amide bonds. The van der Waals surface area contributed by atoms with Crippen LogP contribution >= 0.6 is 0 Å². The molecule has 2 aliphatic rings. The maximum atomic E-state index is 3.83. The van der Waals surface area contributed by atoms with E-state index in [0.29, 0.717) is 6.04 Å². The fourth-order valence-corrected chi connectivity index (χ4v) is 3.73. The molecule has 2 aliphatic carbocycles. The highest BCUT2D eigenvalue weighted by atomic mass is 15.2. The van der Waals surface area contributed by atoms with Gasteiger partial charge in [0.15, 0.2) is 0 Å². The number of hydrogen-bond acceptors (Lipinski definition) is 2. The van der Waals surface area contributed by atoms with Gasteiger partial charge in [-0.15, -0.1) is 0 Å². The quantitative estimate of drug-likeness (QED) is 0.725. The van der Waals surface area contributed by atoms with E-state index in [-0.39, 0.29) is 0 Å². The zero-order valence-corrected chi connectivity index (χ0v) is 14.2. The van der Waals surface area contributed by atoms with Crippen LogP contribution in [0.3, 0.4) is 0 Å². The van der Waals surface area contributed by atoms with Gasteiger partial charge in [0.25, 0.3) is 0 Å². The molecule has 2 fully saturated rings. The van der Waals surface area contributed by atoms with Gasteiger partial charge >= 0.3 is 0 Å². The van der Waals surface area contributed by atoms with Crippen LogP contribution in [0, 0.1) is 17.8 Å². The Labute approximate surface area is 126 Å². The van der Waals surface area contributed by atoms with Gasteiger partial charge in [-0.2, -0.15) is 0 Å². The Hall–Kier alpha value is -0.0800. The molecule has 0 aromatic carbocycles. The number of nitrogens with zero attached hydrogens (tertiary/aromatic N) is 1. The molecule has 0 aromatic heterocycles. The molecule has 0 bridgehead atoms. The van der Waals surface area contributed by atoms with E-state index in [9.17, 15) is 0 Å². The fraction of sp³-hybridized carbons (Fsp3) is 1.00. The van der Waals surface area contributed by atoms with Crippen molar-refractivity contribution in [3.63, 3.8) is 0 Å². The van der Waals surface area contributed by atoms with Gasteiger partial charge in [-0.3, -0.25) is 0 Å². The minimum atomic E-state index is 0.708. The summed E-state index contributed by atoms with van der Waals surface area (Å²) in [5, 5.41) is 3.83. The molecule has 0 radical (unpaired) electrons. The molecule has 1 N–H and O–H groups in total. The van der Waals surface area contributed by atoms with Gasteiger partial charge in [-0.1, -0.05) is 13.8 Å². The molecule has 3 unspecified atom stereocenters. The fourth-order valence-electron chi connectivity index (χ4n) is 3.73. The predicted octanol–water partition coefficient (Wildman–Crippen LogP) is 3.91. The summed E-state index contributed by atoms with van der Waals surface area (Å²) in [4.78, 5) is 2.76. The van der Waals surface area contributed by atoms with Gasteiger partial charge in [0, 0.05) is 25.2 Å². The van der Waals surface area contributed by atoms with Gasteiger partial charge in [0.2, 0.25) is 0 Å². The van der Waals surface area contributed by atoms with E-state index in [1.807, 2.05) is 0 Å². The average molecular weight is 280 g/mol. The van der Waals surface area contributed by atoms with Gasteiger partial charge in [0.05, 0.1) is 0 Å². The summed E-state index contributed by atoms with van der Waals surface area (Å²) in [6.07, 6.45) is 8.44. The first kappa shape index (κ1) is 16.3. The third-order valence-corrected chi connectivity index (χ3v) is 5.29. The van der Waals surface area contributed by atoms with E-state index >= 15 is 0 Å². The summed E-state index contributed by atoms with van der Waals surface area (Å²) >= 11 is 0. The van der Waals surface area contributed by atoms with E-state index in [4.69, 9.17) is 0 Å². The van der Waals surface area contributed by atoms with Gasteiger partial charge in [0.1, 0.15) is 0 Å². The van der Waals surface area contributed by atoms with Crippen molar-refractivity contribution < 1.29 is 0 Å². The molecule has 3 atom stereocenters. The lowest BCUT2D eigenvalue weighted by molar-refractivity contribution is 0.120. The Balaban J connectivity index is 1.89. The topological polar surface area (TPSA) is 15.3 Å². The van der Waals surface area contributed by atoms with Crippen molar-refractivity contribution in [2.24, 2.45) is 17.8 Å². The first-order valence-electron chi connectivity index (χ1n) is 9.07. The molecule has 2 heteroatoms. The van der Waals surface area contributed by atoms with Crippen LogP contribution in [0.1, 0.15) is 66.2 Å². The Kier molecular flexibility index (Phi) is 6.35. The van der Waals surface area contributed by atoms with Crippen LogP contribution in [0.5, 0.6) is 0 Å². The summed E-state index contributed by atoms with van der Waals surface area (Å²) in [5.41, 5.74) is 0. The Morgan fingerprint density at radius 1 is 1.10 bits per heavy atom. The van der Waals surface area contributed by atoms with Crippen molar-refractivity contribution in [2.45, 2.75) is 78.3 Å². The Morgan fingerprint density at radius 2 is 1.85 bits per heavy atom. The predicted molar refractivity (Wildman–Crippen MR) is 88.0 cm³/mol. The maximum Gasteiger partial charge on any atom is 0.0108 e. The Morgan fingerprint density at radius 3 is 2.45 bits per heavy atom. The number of nitrogens with one attached hydrogen (secondary N) is 1. The van der Waals surface area contributed by atoms with Crippen LogP contribution in [0.25, 0.3) is 0 Å². The van der Waals surface area contributed by atoms with Crippen molar-refractivity contribution in [3.8, 4) is 0 Å². The summed E-state index contributed by atoms with van der Waals surface area (Å²) in [6, 6.07) is 1.48. The van der Waals surface area contributed by atoms with Gasteiger partial charge in [-0.05, 0) is 76.7 Å². The molecule has 2 nitrogen and oxygen atoms in total. The lowest BCUT2D eigenvalue weighted by Gasteiger charge is -2.40.